The molecule has 2 aromatic rings. The Kier molecular flexibility index (Phi) is 4.09. The number of nitrogens with two attached hydrogens (primary N) is 1. The second kappa shape index (κ2) is 5.59. The minimum atomic E-state index is 0.568. The third-order valence-corrected chi connectivity index (χ3v) is 3.99. The fraction of sp³-hybridized carbons (Fsp3) is 0.429. The van der Waals surface area contributed by atoms with Gasteiger partial charge in [-0.05, 0) is 30.9 Å². The first-order valence-electron chi connectivity index (χ1n) is 6.21. The Balaban J connectivity index is 2.41. The second-order valence-electron chi connectivity index (χ2n) is 4.88. The molecule has 96 valence electrons. The lowest BCUT2D eigenvalue weighted by atomic mass is 10.1. The fourth-order valence-electron chi connectivity index (χ4n) is 1.89. The highest BCUT2D eigenvalue weighted by molar-refractivity contribution is 7.15. The van der Waals surface area contributed by atoms with Crippen molar-refractivity contribution in [3.63, 3.8) is 0 Å². The third kappa shape index (κ3) is 2.76. The minimum absolute atomic E-state index is 0.568. The highest BCUT2D eigenvalue weighted by atomic mass is 32.1. The molecule has 0 saturated heterocycles. The fourth-order valence-corrected chi connectivity index (χ4v) is 2.94. The molecule has 3 nitrogen and oxygen atoms in total. The summed E-state index contributed by atoms with van der Waals surface area (Å²) in [5.74, 6) is 0.597. The van der Waals surface area contributed by atoms with E-state index in [9.17, 15) is 0 Å². The van der Waals surface area contributed by atoms with Crippen LogP contribution in [0.4, 0.5) is 0 Å². The molecule has 0 bridgehead atoms. The molecule has 0 aliphatic rings. The molecule has 0 atom stereocenters. The number of thiazole rings is 1. The summed E-state index contributed by atoms with van der Waals surface area (Å²) < 4.78 is 0. The molecule has 0 aliphatic carbocycles. The van der Waals surface area contributed by atoms with Gasteiger partial charge in [-0.1, -0.05) is 13.8 Å². The van der Waals surface area contributed by atoms with E-state index in [0.717, 1.165) is 22.7 Å². The predicted octanol–water partition coefficient (Wildman–Crippen LogP) is 3.17. The van der Waals surface area contributed by atoms with E-state index in [0.29, 0.717) is 12.5 Å². The van der Waals surface area contributed by atoms with Crippen LogP contribution in [0.2, 0.25) is 0 Å². The van der Waals surface area contributed by atoms with Gasteiger partial charge in [0.2, 0.25) is 0 Å². The van der Waals surface area contributed by atoms with Gasteiger partial charge in [0.25, 0.3) is 0 Å². The largest absolute Gasteiger partial charge is 0.326 e. The average Bonchev–Trinajstić information content (AvgIpc) is 2.71. The molecular formula is C14H19N3S. The third-order valence-electron chi connectivity index (χ3n) is 2.83. The standard InChI is InChI=1S/C14H19N3S/c1-9(2)6-12-13(7-15)18-14(17-12)11-8-16-5-4-10(11)3/h4-5,8-9H,6-7,15H2,1-3H3. The zero-order valence-corrected chi connectivity index (χ0v) is 11.9. The Hall–Kier alpha value is -1.26. The van der Waals surface area contributed by atoms with Crippen LogP contribution in [0, 0.1) is 12.8 Å². The summed E-state index contributed by atoms with van der Waals surface area (Å²) >= 11 is 1.69. The van der Waals surface area contributed by atoms with Crippen LogP contribution in [0.1, 0.15) is 30.0 Å². The van der Waals surface area contributed by atoms with E-state index < -0.39 is 0 Å². The molecule has 2 N–H and O–H groups in total. The van der Waals surface area contributed by atoms with E-state index >= 15 is 0 Å². The molecule has 0 saturated carbocycles. The molecule has 2 aromatic heterocycles. The van der Waals surface area contributed by atoms with Crippen LogP contribution >= 0.6 is 11.3 Å². The van der Waals surface area contributed by atoms with Crippen molar-refractivity contribution in [3.8, 4) is 10.6 Å². The number of nitrogens with zero attached hydrogens (tertiary/aromatic N) is 2. The topological polar surface area (TPSA) is 51.8 Å². The lowest BCUT2D eigenvalue weighted by Gasteiger charge is -2.02. The number of hydrogen-bond acceptors (Lipinski definition) is 4. The number of rotatable bonds is 4. The van der Waals surface area contributed by atoms with Crippen LogP contribution in [-0.2, 0) is 13.0 Å². The minimum Gasteiger partial charge on any atom is -0.326 e. The summed E-state index contributed by atoms with van der Waals surface area (Å²) in [6, 6.07) is 2.01. The van der Waals surface area contributed by atoms with Crippen molar-refractivity contribution in [2.45, 2.75) is 33.7 Å². The van der Waals surface area contributed by atoms with E-state index in [1.807, 2.05) is 18.5 Å². The van der Waals surface area contributed by atoms with Gasteiger partial charge in [-0.15, -0.1) is 11.3 Å². The second-order valence-corrected chi connectivity index (χ2v) is 5.97. The van der Waals surface area contributed by atoms with Crippen molar-refractivity contribution < 1.29 is 0 Å². The molecule has 0 aromatic carbocycles. The van der Waals surface area contributed by atoms with E-state index in [1.165, 1.54) is 10.4 Å². The van der Waals surface area contributed by atoms with E-state index in [1.54, 1.807) is 11.3 Å². The van der Waals surface area contributed by atoms with Crippen molar-refractivity contribution in [1.29, 1.82) is 0 Å². The van der Waals surface area contributed by atoms with Gasteiger partial charge in [0, 0.05) is 29.4 Å². The van der Waals surface area contributed by atoms with Crippen molar-refractivity contribution in [2.75, 3.05) is 0 Å². The van der Waals surface area contributed by atoms with Crippen LogP contribution in [-0.4, -0.2) is 9.97 Å². The Labute approximate surface area is 112 Å². The van der Waals surface area contributed by atoms with Gasteiger partial charge in [-0.2, -0.15) is 0 Å². The number of aryl methyl sites for hydroxylation is 1. The number of hydrogen-bond donors (Lipinski definition) is 1. The SMILES string of the molecule is Cc1ccncc1-c1nc(CC(C)C)c(CN)s1. The molecule has 2 rings (SSSR count). The van der Waals surface area contributed by atoms with Crippen LogP contribution in [0.3, 0.4) is 0 Å². The summed E-state index contributed by atoms with van der Waals surface area (Å²) in [6.45, 7) is 7.06. The summed E-state index contributed by atoms with van der Waals surface area (Å²) in [4.78, 5) is 10.1. The molecule has 4 heteroatoms. The van der Waals surface area contributed by atoms with E-state index in [4.69, 9.17) is 10.7 Å². The first-order chi connectivity index (χ1) is 8.61. The first-order valence-corrected chi connectivity index (χ1v) is 7.03. The lowest BCUT2D eigenvalue weighted by Crippen LogP contribution is -2.02. The highest BCUT2D eigenvalue weighted by Crippen LogP contribution is 2.30. The molecule has 0 spiro atoms. The van der Waals surface area contributed by atoms with Gasteiger partial charge in [0.15, 0.2) is 0 Å². The van der Waals surface area contributed by atoms with E-state index in [-0.39, 0.29) is 0 Å². The Bertz CT molecular complexity index is 532. The quantitative estimate of drug-likeness (QED) is 0.919. The highest BCUT2D eigenvalue weighted by Gasteiger charge is 2.14. The molecule has 0 aliphatic heterocycles. The Morgan fingerprint density at radius 2 is 2.17 bits per heavy atom. The lowest BCUT2D eigenvalue weighted by molar-refractivity contribution is 0.634. The smallest absolute Gasteiger partial charge is 0.125 e. The monoisotopic (exact) mass is 261 g/mol. The maximum Gasteiger partial charge on any atom is 0.125 e. The number of aromatic nitrogens is 2. The van der Waals surface area contributed by atoms with Crippen molar-refractivity contribution in [2.24, 2.45) is 11.7 Å². The average molecular weight is 261 g/mol. The van der Waals surface area contributed by atoms with Crippen LogP contribution in [0.5, 0.6) is 0 Å². The normalized spacial score (nSPS) is 11.2. The zero-order valence-electron chi connectivity index (χ0n) is 11.1. The molecule has 0 fully saturated rings. The summed E-state index contributed by atoms with van der Waals surface area (Å²) in [6.07, 6.45) is 4.68. The van der Waals surface area contributed by atoms with Gasteiger partial charge < -0.3 is 5.73 Å². The molecule has 2 heterocycles. The Morgan fingerprint density at radius 1 is 1.39 bits per heavy atom. The molecule has 0 unspecified atom stereocenters. The van der Waals surface area contributed by atoms with Crippen LogP contribution in [0.25, 0.3) is 10.6 Å². The maximum absolute atomic E-state index is 5.81. The maximum atomic E-state index is 5.81. The zero-order chi connectivity index (χ0) is 13.1. The van der Waals surface area contributed by atoms with E-state index in [2.05, 4.69) is 25.8 Å². The van der Waals surface area contributed by atoms with Gasteiger partial charge in [0.1, 0.15) is 5.01 Å². The van der Waals surface area contributed by atoms with Crippen molar-refractivity contribution in [3.05, 3.63) is 34.6 Å². The predicted molar refractivity (Wildman–Crippen MR) is 76.5 cm³/mol. The summed E-state index contributed by atoms with van der Waals surface area (Å²) in [5, 5.41) is 1.04. The molecular weight excluding hydrogens is 242 g/mol. The van der Waals surface area contributed by atoms with Gasteiger partial charge in [0.05, 0.1) is 5.69 Å². The summed E-state index contributed by atoms with van der Waals surface area (Å²) in [7, 11) is 0. The van der Waals surface area contributed by atoms with Gasteiger partial charge in [-0.25, -0.2) is 4.98 Å². The van der Waals surface area contributed by atoms with Crippen molar-refractivity contribution in [1.82, 2.24) is 9.97 Å². The van der Waals surface area contributed by atoms with Crippen LogP contribution < -0.4 is 5.73 Å². The van der Waals surface area contributed by atoms with Crippen molar-refractivity contribution >= 4 is 11.3 Å². The molecule has 18 heavy (non-hydrogen) atoms. The number of pyridine rings is 1. The Morgan fingerprint density at radius 3 is 2.78 bits per heavy atom. The van der Waals surface area contributed by atoms with Crippen LogP contribution in [0.15, 0.2) is 18.5 Å². The van der Waals surface area contributed by atoms with Gasteiger partial charge in [-0.3, -0.25) is 4.98 Å². The van der Waals surface area contributed by atoms with Gasteiger partial charge >= 0.3 is 0 Å². The molecule has 0 radical (unpaired) electrons. The first kappa shape index (κ1) is 13.2. The summed E-state index contributed by atoms with van der Waals surface area (Å²) in [5.41, 5.74) is 9.28. The molecule has 0 amide bonds.